The van der Waals surface area contributed by atoms with Gasteiger partial charge in [-0.2, -0.15) is 0 Å². The van der Waals surface area contributed by atoms with Crippen LogP contribution in [0, 0.1) is 5.92 Å². The molecule has 60 valence electrons. The van der Waals surface area contributed by atoms with Crippen molar-refractivity contribution >= 4 is 0 Å². The summed E-state index contributed by atoms with van der Waals surface area (Å²) in [5.74, 6) is 0.670. The minimum atomic E-state index is 0.670. The smallest absolute Gasteiger partial charge is 0.0115 e. The predicted octanol–water partition coefficient (Wildman–Crippen LogP) is 3.46. The van der Waals surface area contributed by atoms with Crippen molar-refractivity contribution in [2.45, 2.75) is 33.1 Å². The first-order valence-electron chi connectivity index (χ1n) is 4.35. The summed E-state index contributed by atoms with van der Waals surface area (Å²) in [6.07, 6.45) is 5.70. The number of rotatable bonds is 3. The number of unbranched alkanes of at least 4 members (excludes halogenated alkanes) is 1. The Balaban J connectivity index is 2.45. The van der Waals surface area contributed by atoms with Gasteiger partial charge in [0.15, 0.2) is 0 Å². The molecular weight excluding hydrogens is 132 g/mol. The molecule has 0 heteroatoms. The van der Waals surface area contributed by atoms with Gasteiger partial charge >= 0.3 is 0 Å². The molecule has 0 saturated heterocycles. The van der Waals surface area contributed by atoms with Gasteiger partial charge in [-0.1, -0.05) is 25.5 Å². The van der Waals surface area contributed by atoms with E-state index in [1.54, 1.807) is 0 Å². The summed E-state index contributed by atoms with van der Waals surface area (Å²) < 4.78 is 0. The summed E-state index contributed by atoms with van der Waals surface area (Å²) in [5, 5.41) is 0. The van der Waals surface area contributed by atoms with Crippen molar-refractivity contribution in [1.29, 1.82) is 0 Å². The van der Waals surface area contributed by atoms with Crippen LogP contribution in [0.15, 0.2) is 29.5 Å². The van der Waals surface area contributed by atoms with Crippen LogP contribution in [-0.2, 0) is 0 Å². The lowest BCUT2D eigenvalue weighted by molar-refractivity contribution is 0.955. The van der Waals surface area contributed by atoms with Gasteiger partial charge in [-0.05, 0) is 31.4 Å². The molecule has 0 aliphatic heterocycles. The summed E-state index contributed by atoms with van der Waals surface area (Å²) in [4.78, 5) is 0. The molecule has 0 aromatic carbocycles. The van der Waals surface area contributed by atoms with E-state index in [9.17, 15) is 0 Å². The molecule has 0 nitrogen and oxygen atoms in total. The summed E-state index contributed by atoms with van der Waals surface area (Å²) in [6.45, 7) is 8.25. The van der Waals surface area contributed by atoms with Crippen molar-refractivity contribution in [2.24, 2.45) is 5.92 Å². The lowest BCUT2D eigenvalue weighted by Gasteiger charge is -1.87. The van der Waals surface area contributed by atoms with Gasteiger partial charge in [-0.3, -0.25) is 0 Å². The fourth-order valence-electron chi connectivity index (χ4n) is 1.14. The highest BCUT2D eigenvalue weighted by Crippen LogP contribution is 2.41. The molecule has 0 radical (unpaired) electrons. The molecule has 1 unspecified atom stereocenters. The molecule has 0 aromatic rings. The molecule has 1 saturated carbocycles. The third-order valence-electron chi connectivity index (χ3n) is 2.08. The van der Waals surface area contributed by atoms with Crippen LogP contribution >= 0.6 is 0 Å². The fourth-order valence-corrected chi connectivity index (χ4v) is 1.14. The Bertz CT molecular complexity index is 214. The topological polar surface area (TPSA) is 0 Å². The summed E-state index contributed by atoms with van der Waals surface area (Å²) in [6, 6.07) is 0. The molecule has 0 N–H and O–H groups in total. The van der Waals surface area contributed by atoms with E-state index < -0.39 is 0 Å². The fraction of sp³-hybridized carbons (Fsp3) is 0.545. The molecule has 0 aromatic heterocycles. The van der Waals surface area contributed by atoms with Crippen LogP contribution < -0.4 is 0 Å². The summed E-state index contributed by atoms with van der Waals surface area (Å²) in [5.41, 5.74) is 6.05. The van der Waals surface area contributed by atoms with Crippen molar-refractivity contribution < 1.29 is 0 Å². The normalized spacial score (nSPS) is 20.9. The maximum Gasteiger partial charge on any atom is 0.0115 e. The highest BCUT2D eigenvalue weighted by Gasteiger charge is 2.28. The van der Waals surface area contributed by atoms with E-state index in [1.165, 1.54) is 24.0 Å². The highest BCUT2D eigenvalue weighted by molar-refractivity contribution is 5.31. The third kappa shape index (κ3) is 2.40. The van der Waals surface area contributed by atoms with E-state index in [1.807, 2.05) is 0 Å². The maximum atomic E-state index is 3.92. The molecule has 0 heterocycles. The van der Waals surface area contributed by atoms with E-state index >= 15 is 0 Å². The van der Waals surface area contributed by atoms with Crippen LogP contribution in [0.3, 0.4) is 0 Å². The Morgan fingerprint density at radius 1 is 1.82 bits per heavy atom. The zero-order chi connectivity index (χ0) is 8.27. The average Bonchev–Trinajstić information content (AvgIpc) is 2.67. The van der Waals surface area contributed by atoms with Crippen molar-refractivity contribution in [3.05, 3.63) is 29.5 Å². The zero-order valence-electron chi connectivity index (χ0n) is 7.48. The van der Waals surface area contributed by atoms with Crippen molar-refractivity contribution in [2.75, 3.05) is 0 Å². The predicted molar refractivity (Wildman–Crippen MR) is 49.4 cm³/mol. The van der Waals surface area contributed by atoms with Gasteiger partial charge in [0, 0.05) is 5.92 Å². The maximum absolute atomic E-state index is 3.92. The molecule has 11 heavy (non-hydrogen) atoms. The van der Waals surface area contributed by atoms with Crippen molar-refractivity contribution in [3.8, 4) is 0 Å². The SMILES string of the molecule is C=C1CC1C(C)=C=CCCC. The first-order chi connectivity index (χ1) is 5.25. The van der Waals surface area contributed by atoms with Gasteiger partial charge in [-0.15, -0.1) is 5.73 Å². The molecule has 1 aliphatic carbocycles. The molecule has 0 spiro atoms. The van der Waals surface area contributed by atoms with Gasteiger partial charge in [0.1, 0.15) is 0 Å². The van der Waals surface area contributed by atoms with E-state index in [0.717, 1.165) is 6.42 Å². The highest BCUT2D eigenvalue weighted by atomic mass is 14.3. The molecule has 1 atom stereocenters. The van der Waals surface area contributed by atoms with Gasteiger partial charge in [0.2, 0.25) is 0 Å². The Hall–Kier alpha value is -0.740. The molecule has 1 rings (SSSR count). The Labute approximate surface area is 69.3 Å². The first-order valence-corrected chi connectivity index (χ1v) is 4.35. The third-order valence-corrected chi connectivity index (χ3v) is 2.08. The van der Waals surface area contributed by atoms with Gasteiger partial charge in [0.05, 0.1) is 0 Å². The summed E-state index contributed by atoms with van der Waals surface area (Å²) in [7, 11) is 0. The van der Waals surface area contributed by atoms with Crippen LogP contribution in [0.2, 0.25) is 0 Å². The Kier molecular flexibility index (Phi) is 2.73. The van der Waals surface area contributed by atoms with Crippen LogP contribution in [0.1, 0.15) is 33.1 Å². The quantitative estimate of drug-likeness (QED) is 0.424. The second-order valence-electron chi connectivity index (χ2n) is 3.24. The molecule has 0 amide bonds. The van der Waals surface area contributed by atoms with E-state index in [4.69, 9.17) is 0 Å². The lowest BCUT2D eigenvalue weighted by atomic mass is 10.2. The molecule has 1 fully saturated rings. The van der Waals surface area contributed by atoms with E-state index in [2.05, 4.69) is 32.2 Å². The van der Waals surface area contributed by atoms with E-state index in [-0.39, 0.29) is 0 Å². The zero-order valence-corrected chi connectivity index (χ0v) is 7.48. The van der Waals surface area contributed by atoms with Crippen molar-refractivity contribution in [1.82, 2.24) is 0 Å². The van der Waals surface area contributed by atoms with E-state index in [0.29, 0.717) is 5.92 Å². The van der Waals surface area contributed by atoms with Gasteiger partial charge in [0.25, 0.3) is 0 Å². The number of allylic oxidation sites excluding steroid dienone is 2. The minimum Gasteiger partial charge on any atom is -0.126 e. The second-order valence-corrected chi connectivity index (χ2v) is 3.24. The van der Waals surface area contributed by atoms with Crippen LogP contribution in [0.25, 0.3) is 0 Å². The summed E-state index contributed by atoms with van der Waals surface area (Å²) >= 11 is 0. The van der Waals surface area contributed by atoms with Crippen LogP contribution in [0.5, 0.6) is 0 Å². The second kappa shape index (κ2) is 3.59. The Morgan fingerprint density at radius 3 is 2.91 bits per heavy atom. The minimum absolute atomic E-state index is 0.670. The van der Waals surface area contributed by atoms with Crippen LogP contribution in [-0.4, -0.2) is 0 Å². The molecule has 1 aliphatic rings. The van der Waals surface area contributed by atoms with Crippen LogP contribution in [0.4, 0.5) is 0 Å². The largest absolute Gasteiger partial charge is 0.126 e. The average molecular weight is 148 g/mol. The Morgan fingerprint density at radius 2 is 2.45 bits per heavy atom. The van der Waals surface area contributed by atoms with Gasteiger partial charge < -0.3 is 0 Å². The monoisotopic (exact) mass is 148 g/mol. The van der Waals surface area contributed by atoms with Crippen molar-refractivity contribution in [3.63, 3.8) is 0 Å². The van der Waals surface area contributed by atoms with Gasteiger partial charge in [-0.25, -0.2) is 0 Å². The molecular formula is C11H16. The standard InChI is InChI=1S/C11H16/c1-4-5-6-7-9(2)11-8-10(11)3/h6,11H,3-5,8H2,1-2H3. The first kappa shape index (κ1) is 8.36. The number of hydrogen-bond acceptors (Lipinski definition) is 0. The molecule has 0 bridgehead atoms. The number of hydrogen-bond donors (Lipinski definition) is 0. The lowest BCUT2D eigenvalue weighted by Crippen LogP contribution is -1.73.